The number of carbonyl (C=O) groups is 1. The molecule has 0 bridgehead atoms. The van der Waals surface area contributed by atoms with E-state index in [2.05, 4.69) is 5.32 Å². The van der Waals surface area contributed by atoms with Crippen LogP contribution in [0.25, 0.3) is 0 Å². The Hall–Kier alpha value is -1.59. The molecule has 0 radical (unpaired) electrons. The number of methoxy groups -OCH3 is 1. The zero-order valence-corrected chi connectivity index (χ0v) is 13.8. The number of amides is 1. The molecule has 1 amide bonds. The molecule has 2 unspecified atom stereocenters. The number of rotatable bonds is 4. The minimum absolute atomic E-state index is 0.0241. The van der Waals surface area contributed by atoms with E-state index in [1.54, 1.807) is 7.11 Å². The van der Waals surface area contributed by atoms with Crippen molar-refractivity contribution in [2.45, 2.75) is 37.8 Å². The van der Waals surface area contributed by atoms with E-state index < -0.39 is 0 Å². The van der Waals surface area contributed by atoms with Crippen molar-refractivity contribution in [3.8, 4) is 5.75 Å². The molecule has 0 aromatic heterocycles. The van der Waals surface area contributed by atoms with Gasteiger partial charge in [-0.1, -0.05) is 18.2 Å². The van der Waals surface area contributed by atoms with Gasteiger partial charge < -0.3 is 19.7 Å². The summed E-state index contributed by atoms with van der Waals surface area (Å²) in [5.74, 6) is 1.03. The quantitative estimate of drug-likeness (QED) is 0.924. The molecule has 2 fully saturated rings. The Balaban J connectivity index is 1.74. The summed E-state index contributed by atoms with van der Waals surface area (Å²) in [6, 6.07) is 7.99. The van der Waals surface area contributed by atoms with Gasteiger partial charge in [-0.2, -0.15) is 0 Å². The Kier molecular flexibility index (Phi) is 5.51. The maximum atomic E-state index is 12.8. The van der Waals surface area contributed by atoms with Crippen LogP contribution in [-0.4, -0.2) is 50.3 Å². The van der Waals surface area contributed by atoms with Crippen LogP contribution < -0.4 is 10.1 Å². The average molecular weight is 318 g/mol. The van der Waals surface area contributed by atoms with E-state index in [1.165, 1.54) is 0 Å². The second-order valence-electron chi connectivity index (χ2n) is 6.24. The molecular weight excluding hydrogens is 292 g/mol. The number of ether oxygens (including phenoxy) is 2. The molecule has 2 saturated heterocycles. The van der Waals surface area contributed by atoms with E-state index in [0.29, 0.717) is 6.42 Å². The lowest BCUT2D eigenvalue weighted by molar-refractivity contribution is -0.138. The zero-order chi connectivity index (χ0) is 16.1. The van der Waals surface area contributed by atoms with Crippen LogP contribution in [0.4, 0.5) is 0 Å². The molecule has 1 aromatic carbocycles. The van der Waals surface area contributed by atoms with Crippen LogP contribution in [0.2, 0.25) is 0 Å². The summed E-state index contributed by atoms with van der Waals surface area (Å²) in [5.41, 5.74) is 1.07. The summed E-state index contributed by atoms with van der Waals surface area (Å²) in [6.45, 7) is 3.12. The maximum Gasteiger partial charge on any atom is 0.225 e. The molecule has 2 aliphatic rings. The predicted molar refractivity (Wildman–Crippen MR) is 88.5 cm³/mol. The van der Waals surface area contributed by atoms with Gasteiger partial charge in [-0.15, -0.1) is 0 Å². The lowest BCUT2D eigenvalue weighted by atomic mass is 10.00. The second kappa shape index (κ2) is 7.79. The first-order valence-electron chi connectivity index (χ1n) is 8.54. The molecule has 1 aromatic rings. The first kappa shape index (κ1) is 16.3. The molecule has 2 heterocycles. The van der Waals surface area contributed by atoms with Gasteiger partial charge in [0.25, 0.3) is 0 Å². The number of para-hydroxylation sites is 1. The third kappa shape index (κ3) is 3.85. The highest BCUT2D eigenvalue weighted by atomic mass is 16.5. The Morgan fingerprint density at radius 1 is 1.39 bits per heavy atom. The van der Waals surface area contributed by atoms with Crippen molar-refractivity contribution in [3.63, 3.8) is 0 Å². The summed E-state index contributed by atoms with van der Waals surface area (Å²) < 4.78 is 11.2. The zero-order valence-electron chi connectivity index (χ0n) is 13.8. The maximum absolute atomic E-state index is 12.8. The molecule has 2 aliphatic heterocycles. The number of piperazine rings is 1. The lowest BCUT2D eigenvalue weighted by Crippen LogP contribution is -2.49. The Morgan fingerprint density at radius 3 is 3.04 bits per heavy atom. The van der Waals surface area contributed by atoms with E-state index in [1.807, 2.05) is 29.2 Å². The van der Waals surface area contributed by atoms with Crippen LogP contribution in [0.5, 0.6) is 5.75 Å². The largest absolute Gasteiger partial charge is 0.496 e. The van der Waals surface area contributed by atoms with Crippen molar-refractivity contribution < 1.29 is 14.3 Å². The molecule has 0 aliphatic carbocycles. The van der Waals surface area contributed by atoms with Gasteiger partial charge in [-0.3, -0.25) is 4.79 Å². The van der Waals surface area contributed by atoms with Crippen LogP contribution in [0.1, 0.15) is 37.3 Å². The SMILES string of the molecule is COc1ccccc1C1CNCCN1C(=O)CC1CCCCO1. The third-order valence-electron chi connectivity index (χ3n) is 4.74. The topological polar surface area (TPSA) is 50.8 Å². The van der Waals surface area contributed by atoms with E-state index in [-0.39, 0.29) is 18.1 Å². The Bertz CT molecular complexity index is 529. The van der Waals surface area contributed by atoms with Gasteiger partial charge in [0.2, 0.25) is 5.91 Å². The molecule has 5 nitrogen and oxygen atoms in total. The summed E-state index contributed by atoms with van der Waals surface area (Å²) in [4.78, 5) is 14.8. The second-order valence-corrected chi connectivity index (χ2v) is 6.24. The number of hydrogen-bond donors (Lipinski definition) is 1. The van der Waals surface area contributed by atoms with Crippen LogP contribution in [0.15, 0.2) is 24.3 Å². The van der Waals surface area contributed by atoms with Crippen LogP contribution in [0, 0.1) is 0 Å². The first-order chi connectivity index (χ1) is 11.3. The third-order valence-corrected chi connectivity index (χ3v) is 4.74. The van der Waals surface area contributed by atoms with E-state index >= 15 is 0 Å². The Labute approximate surface area is 137 Å². The number of benzene rings is 1. The highest BCUT2D eigenvalue weighted by Crippen LogP contribution is 2.31. The summed E-state index contributed by atoms with van der Waals surface area (Å²) in [5, 5.41) is 3.39. The highest BCUT2D eigenvalue weighted by molar-refractivity contribution is 5.77. The van der Waals surface area contributed by atoms with Crippen molar-refractivity contribution in [1.29, 1.82) is 0 Å². The molecule has 5 heteroatoms. The molecule has 1 N–H and O–H groups in total. The number of nitrogens with one attached hydrogen (secondary N) is 1. The number of hydrogen-bond acceptors (Lipinski definition) is 4. The van der Waals surface area contributed by atoms with Crippen molar-refractivity contribution in [2.75, 3.05) is 33.4 Å². The normalized spacial score (nSPS) is 25.2. The van der Waals surface area contributed by atoms with E-state index in [9.17, 15) is 4.79 Å². The minimum Gasteiger partial charge on any atom is -0.496 e. The summed E-state index contributed by atoms with van der Waals surface area (Å²) >= 11 is 0. The van der Waals surface area contributed by atoms with Gasteiger partial charge in [-0.05, 0) is 25.3 Å². The standard InChI is InChI=1S/C18H26N2O3/c1-22-17-8-3-2-7-15(17)16-13-19-9-10-20(16)18(21)12-14-6-4-5-11-23-14/h2-3,7-8,14,16,19H,4-6,9-13H2,1H3. The summed E-state index contributed by atoms with van der Waals surface area (Å²) in [6.07, 6.45) is 3.85. The fourth-order valence-electron chi connectivity index (χ4n) is 3.50. The summed E-state index contributed by atoms with van der Waals surface area (Å²) in [7, 11) is 1.68. The van der Waals surface area contributed by atoms with Gasteiger partial charge in [-0.25, -0.2) is 0 Å². The van der Waals surface area contributed by atoms with Crippen molar-refractivity contribution in [3.05, 3.63) is 29.8 Å². The minimum atomic E-state index is 0.0241. The average Bonchev–Trinajstić information content (AvgIpc) is 2.62. The molecule has 0 spiro atoms. The predicted octanol–water partition coefficient (Wildman–Crippen LogP) is 2.13. The van der Waals surface area contributed by atoms with Crippen LogP contribution in [0.3, 0.4) is 0 Å². The first-order valence-corrected chi connectivity index (χ1v) is 8.54. The van der Waals surface area contributed by atoms with Crippen molar-refractivity contribution in [1.82, 2.24) is 10.2 Å². The smallest absolute Gasteiger partial charge is 0.225 e. The van der Waals surface area contributed by atoms with Crippen molar-refractivity contribution in [2.24, 2.45) is 0 Å². The fourth-order valence-corrected chi connectivity index (χ4v) is 3.50. The van der Waals surface area contributed by atoms with E-state index in [0.717, 1.165) is 56.8 Å². The van der Waals surface area contributed by atoms with Gasteiger partial charge in [0.15, 0.2) is 0 Å². The van der Waals surface area contributed by atoms with Gasteiger partial charge in [0.05, 0.1) is 25.7 Å². The Morgan fingerprint density at radius 2 is 2.26 bits per heavy atom. The molecular formula is C18H26N2O3. The number of nitrogens with zero attached hydrogens (tertiary/aromatic N) is 1. The van der Waals surface area contributed by atoms with E-state index in [4.69, 9.17) is 9.47 Å². The van der Waals surface area contributed by atoms with Gasteiger partial charge in [0.1, 0.15) is 5.75 Å². The lowest BCUT2D eigenvalue weighted by Gasteiger charge is -2.38. The molecule has 2 atom stereocenters. The van der Waals surface area contributed by atoms with Crippen molar-refractivity contribution >= 4 is 5.91 Å². The molecule has 23 heavy (non-hydrogen) atoms. The van der Waals surface area contributed by atoms with Gasteiger partial charge >= 0.3 is 0 Å². The van der Waals surface area contributed by atoms with Crippen LogP contribution in [-0.2, 0) is 9.53 Å². The monoisotopic (exact) mass is 318 g/mol. The molecule has 126 valence electrons. The van der Waals surface area contributed by atoms with Gasteiger partial charge in [0, 0.05) is 31.8 Å². The molecule has 3 rings (SSSR count). The number of carbonyl (C=O) groups excluding carboxylic acids is 1. The highest BCUT2D eigenvalue weighted by Gasteiger charge is 2.31. The van der Waals surface area contributed by atoms with Crippen LogP contribution >= 0.6 is 0 Å². The molecule has 0 saturated carbocycles. The fraction of sp³-hybridized carbons (Fsp3) is 0.611.